The number of fused-ring (bicyclic) bond motifs is 1. The van der Waals surface area contributed by atoms with E-state index in [4.69, 9.17) is 9.47 Å². The van der Waals surface area contributed by atoms with Gasteiger partial charge in [0.1, 0.15) is 4.60 Å². The van der Waals surface area contributed by atoms with Gasteiger partial charge in [0, 0.05) is 0 Å². The number of imidazole rings is 1. The number of ether oxygens (including phenoxy) is 2. The molecule has 5 nitrogen and oxygen atoms in total. The molecule has 0 aliphatic rings. The predicted molar refractivity (Wildman–Crippen MR) is 53.8 cm³/mol. The van der Waals surface area contributed by atoms with E-state index in [1.54, 1.807) is 31.0 Å². The molecule has 0 aliphatic heterocycles. The first kappa shape index (κ1) is 9.26. The number of rotatable bonds is 2. The second-order valence-electron chi connectivity index (χ2n) is 2.57. The molecule has 0 unspecified atom stereocenters. The van der Waals surface area contributed by atoms with Gasteiger partial charge >= 0.3 is 0 Å². The van der Waals surface area contributed by atoms with E-state index in [1.165, 1.54) is 0 Å². The van der Waals surface area contributed by atoms with Crippen molar-refractivity contribution in [1.82, 2.24) is 14.4 Å². The molecule has 0 N–H and O–H groups in total. The maximum atomic E-state index is 5.09. The summed E-state index contributed by atoms with van der Waals surface area (Å²) in [5, 5.41) is 0. The maximum absolute atomic E-state index is 5.09. The van der Waals surface area contributed by atoms with Crippen LogP contribution in [0.15, 0.2) is 17.0 Å². The zero-order chi connectivity index (χ0) is 10.1. The van der Waals surface area contributed by atoms with Gasteiger partial charge < -0.3 is 9.47 Å². The van der Waals surface area contributed by atoms with Crippen molar-refractivity contribution in [3.05, 3.63) is 17.0 Å². The molecular formula is C8H8BrN3O2. The number of halogens is 1. The second kappa shape index (κ2) is 3.45. The molecule has 6 heteroatoms. The molecule has 0 radical (unpaired) electrons. The highest BCUT2D eigenvalue weighted by atomic mass is 79.9. The molecule has 0 spiro atoms. The smallest absolute Gasteiger partial charge is 0.261 e. The molecule has 2 aromatic heterocycles. The minimum Gasteiger partial charge on any atom is -0.480 e. The lowest BCUT2D eigenvalue weighted by atomic mass is 10.6. The highest BCUT2D eigenvalue weighted by Gasteiger charge is 2.10. The van der Waals surface area contributed by atoms with Gasteiger partial charge in [-0.15, -0.1) is 0 Å². The zero-order valence-corrected chi connectivity index (χ0v) is 9.28. The molecule has 0 saturated carbocycles. The molecular weight excluding hydrogens is 250 g/mol. The largest absolute Gasteiger partial charge is 0.480 e. The van der Waals surface area contributed by atoms with Crippen molar-refractivity contribution < 1.29 is 9.47 Å². The van der Waals surface area contributed by atoms with Crippen molar-refractivity contribution in [2.75, 3.05) is 14.2 Å². The lowest BCUT2D eigenvalue weighted by molar-refractivity contribution is 0.363. The Morgan fingerprint density at radius 3 is 2.79 bits per heavy atom. The van der Waals surface area contributed by atoms with Crippen LogP contribution in [0.2, 0.25) is 0 Å². The van der Waals surface area contributed by atoms with Crippen LogP contribution in [-0.4, -0.2) is 28.6 Å². The zero-order valence-electron chi connectivity index (χ0n) is 7.69. The molecule has 0 bridgehead atoms. The average Bonchev–Trinajstić information content (AvgIpc) is 2.59. The van der Waals surface area contributed by atoms with Crippen LogP contribution in [0.5, 0.6) is 11.8 Å². The molecule has 2 rings (SSSR count). The number of hydrogen-bond acceptors (Lipinski definition) is 4. The summed E-state index contributed by atoms with van der Waals surface area (Å²) < 4.78 is 12.7. The van der Waals surface area contributed by atoms with Crippen molar-refractivity contribution >= 4 is 21.6 Å². The highest BCUT2D eigenvalue weighted by molar-refractivity contribution is 9.10. The maximum Gasteiger partial charge on any atom is 0.261 e. The van der Waals surface area contributed by atoms with Gasteiger partial charge in [0.25, 0.3) is 5.88 Å². The summed E-state index contributed by atoms with van der Waals surface area (Å²) in [5.74, 6) is 0.920. The van der Waals surface area contributed by atoms with Gasteiger partial charge in [-0.1, -0.05) is 0 Å². The Balaban J connectivity index is 2.76. The van der Waals surface area contributed by atoms with Crippen LogP contribution in [0.25, 0.3) is 5.65 Å². The Morgan fingerprint density at radius 1 is 1.36 bits per heavy atom. The Kier molecular flexibility index (Phi) is 2.28. The van der Waals surface area contributed by atoms with Gasteiger partial charge in [0.05, 0.1) is 26.6 Å². The number of aromatic nitrogens is 3. The third kappa shape index (κ3) is 1.31. The molecule has 2 heterocycles. The quantitative estimate of drug-likeness (QED) is 0.819. The van der Waals surface area contributed by atoms with E-state index in [-0.39, 0.29) is 0 Å². The van der Waals surface area contributed by atoms with E-state index in [1.807, 2.05) is 0 Å². The summed E-state index contributed by atoms with van der Waals surface area (Å²) in [4.78, 5) is 8.24. The molecule has 14 heavy (non-hydrogen) atoms. The first-order valence-electron chi connectivity index (χ1n) is 3.88. The van der Waals surface area contributed by atoms with Crippen LogP contribution in [0.3, 0.4) is 0 Å². The van der Waals surface area contributed by atoms with Gasteiger partial charge in [0.15, 0.2) is 0 Å². The van der Waals surface area contributed by atoms with Crippen LogP contribution in [-0.2, 0) is 0 Å². The van der Waals surface area contributed by atoms with Crippen molar-refractivity contribution in [1.29, 1.82) is 0 Å². The molecule has 0 aliphatic carbocycles. The number of hydrogen-bond donors (Lipinski definition) is 0. The van der Waals surface area contributed by atoms with Crippen molar-refractivity contribution in [2.45, 2.75) is 0 Å². The summed E-state index contributed by atoms with van der Waals surface area (Å²) in [5.41, 5.74) is 0.653. The SMILES string of the molecule is COc1cn2c(Br)cnc2c(OC)n1. The van der Waals surface area contributed by atoms with Gasteiger partial charge in [-0.25, -0.2) is 4.98 Å². The minimum atomic E-state index is 0.440. The monoisotopic (exact) mass is 257 g/mol. The molecule has 74 valence electrons. The Hall–Kier alpha value is -1.30. The third-order valence-corrected chi connectivity index (χ3v) is 2.38. The third-order valence-electron chi connectivity index (χ3n) is 1.80. The standard InChI is InChI=1S/C8H8BrN3O2/c1-13-6-4-12-5(9)3-10-7(12)8(11-6)14-2/h3-4H,1-2H3. The summed E-state index contributed by atoms with van der Waals surface area (Å²) in [6, 6.07) is 0. The van der Waals surface area contributed by atoms with Crippen molar-refractivity contribution in [2.24, 2.45) is 0 Å². The summed E-state index contributed by atoms with van der Waals surface area (Å²) in [7, 11) is 3.10. The van der Waals surface area contributed by atoms with E-state index in [0.717, 1.165) is 4.60 Å². The Bertz CT molecular complexity index is 469. The number of nitrogens with zero attached hydrogens (tertiary/aromatic N) is 3. The summed E-state index contributed by atoms with van der Waals surface area (Å²) >= 11 is 3.36. The predicted octanol–water partition coefficient (Wildman–Crippen LogP) is 1.51. The Labute approximate surface area is 88.8 Å². The van der Waals surface area contributed by atoms with Crippen LogP contribution < -0.4 is 9.47 Å². The lowest BCUT2D eigenvalue weighted by Gasteiger charge is -2.04. The van der Waals surface area contributed by atoms with Gasteiger partial charge in [0.2, 0.25) is 11.5 Å². The minimum absolute atomic E-state index is 0.440. The molecule has 0 aromatic carbocycles. The van der Waals surface area contributed by atoms with E-state index >= 15 is 0 Å². The first-order valence-corrected chi connectivity index (χ1v) is 4.67. The fourth-order valence-corrected chi connectivity index (χ4v) is 1.52. The van der Waals surface area contributed by atoms with Gasteiger partial charge in [-0.05, 0) is 15.9 Å². The first-order chi connectivity index (χ1) is 6.76. The van der Waals surface area contributed by atoms with E-state index < -0.39 is 0 Å². The molecule has 0 saturated heterocycles. The van der Waals surface area contributed by atoms with E-state index in [9.17, 15) is 0 Å². The summed E-state index contributed by atoms with van der Waals surface area (Å²) in [6.07, 6.45) is 3.41. The second-order valence-corrected chi connectivity index (χ2v) is 3.38. The van der Waals surface area contributed by atoms with Crippen LogP contribution in [0, 0.1) is 0 Å². The van der Waals surface area contributed by atoms with E-state index in [0.29, 0.717) is 17.4 Å². The average molecular weight is 258 g/mol. The van der Waals surface area contributed by atoms with Crippen molar-refractivity contribution in [3.63, 3.8) is 0 Å². The molecule has 0 amide bonds. The van der Waals surface area contributed by atoms with E-state index in [2.05, 4.69) is 25.9 Å². The highest BCUT2D eigenvalue weighted by Crippen LogP contribution is 2.23. The van der Waals surface area contributed by atoms with Crippen LogP contribution >= 0.6 is 15.9 Å². The van der Waals surface area contributed by atoms with Crippen LogP contribution in [0.1, 0.15) is 0 Å². The van der Waals surface area contributed by atoms with Gasteiger partial charge in [-0.3, -0.25) is 4.40 Å². The Morgan fingerprint density at radius 2 is 2.14 bits per heavy atom. The number of methoxy groups -OCH3 is 2. The van der Waals surface area contributed by atoms with Crippen LogP contribution in [0.4, 0.5) is 0 Å². The van der Waals surface area contributed by atoms with Gasteiger partial charge in [-0.2, -0.15) is 4.98 Å². The summed E-state index contributed by atoms with van der Waals surface area (Å²) in [6.45, 7) is 0. The molecule has 2 aromatic rings. The fourth-order valence-electron chi connectivity index (χ4n) is 1.15. The van der Waals surface area contributed by atoms with Crippen molar-refractivity contribution in [3.8, 4) is 11.8 Å². The topological polar surface area (TPSA) is 48.7 Å². The normalized spacial score (nSPS) is 10.5. The fraction of sp³-hybridized carbons (Fsp3) is 0.250. The lowest BCUT2D eigenvalue weighted by Crippen LogP contribution is -1.97. The molecule has 0 fully saturated rings. The molecule has 0 atom stereocenters.